The van der Waals surface area contributed by atoms with Crippen molar-refractivity contribution in [1.82, 2.24) is 26.6 Å². The third-order valence-corrected chi connectivity index (χ3v) is 7.79. The quantitative estimate of drug-likeness (QED) is 0.269. The van der Waals surface area contributed by atoms with Crippen LogP contribution >= 0.6 is 0 Å². The van der Waals surface area contributed by atoms with Crippen LogP contribution in [0.25, 0.3) is 0 Å². The van der Waals surface area contributed by atoms with Crippen molar-refractivity contribution in [2.75, 3.05) is 19.0 Å². The molecule has 11 nitrogen and oxygen atoms in total. The maximum atomic E-state index is 13.9. The molecule has 1 aliphatic heterocycles. The molecule has 1 heterocycles. The van der Waals surface area contributed by atoms with Crippen LogP contribution in [0.3, 0.4) is 0 Å². The van der Waals surface area contributed by atoms with Gasteiger partial charge in [0.2, 0.25) is 29.5 Å². The van der Waals surface area contributed by atoms with Crippen molar-refractivity contribution in [2.24, 2.45) is 23.7 Å². The molecule has 5 unspecified atom stereocenters. The van der Waals surface area contributed by atoms with Gasteiger partial charge in [0.05, 0.1) is 0 Å². The number of hydrogen-bond donors (Lipinski definition) is 5. The lowest BCUT2D eigenvalue weighted by molar-refractivity contribution is -0.135. The molecule has 1 aliphatic rings. The highest BCUT2D eigenvalue weighted by molar-refractivity contribution is 5.98. The lowest BCUT2D eigenvalue weighted by atomic mass is 9.98. The molecule has 0 aromatic heterocycles. The summed E-state index contributed by atoms with van der Waals surface area (Å²) >= 11 is 0. The first-order valence-corrected chi connectivity index (χ1v) is 16.3. The molecule has 5 atom stereocenters. The van der Waals surface area contributed by atoms with E-state index >= 15 is 0 Å². The Kier molecular flexibility index (Phi) is 14.3. The summed E-state index contributed by atoms with van der Waals surface area (Å²) in [6.07, 6.45) is 1.17. The highest BCUT2D eigenvalue weighted by Gasteiger charge is 2.36. The molecule has 0 spiro atoms. The highest BCUT2D eigenvalue weighted by atomic mass is 16.2. The lowest BCUT2D eigenvalue weighted by Gasteiger charge is -2.28. The van der Waals surface area contributed by atoms with Crippen LogP contribution < -0.4 is 31.5 Å². The second kappa shape index (κ2) is 17.2. The second-order valence-electron chi connectivity index (χ2n) is 14.1. The minimum absolute atomic E-state index is 0.0498. The van der Waals surface area contributed by atoms with E-state index in [1.807, 2.05) is 98.7 Å². The predicted molar refractivity (Wildman–Crippen MR) is 177 cm³/mol. The number of amides is 5. The van der Waals surface area contributed by atoms with Crippen LogP contribution in [0, 0.1) is 23.7 Å². The fraction of sp³-hybridized carbons (Fsp3) is 0.676. The molecule has 1 saturated heterocycles. The third-order valence-electron chi connectivity index (χ3n) is 7.79. The molecule has 1 aromatic rings. The summed E-state index contributed by atoms with van der Waals surface area (Å²) in [4.78, 5) is 70.5. The molecule has 0 saturated carbocycles. The van der Waals surface area contributed by atoms with E-state index in [1.54, 1.807) is 0 Å². The van der Waals surface area contributed by atoms with Crippen molar-refractivity contribution in [1.29, 1.82) is 0 Å². The summed E-state index contributed by atoms with van der Waals surface area (Å²) in [6, 6.07) is 2.92. The molecule has 5 N–H and O–H groups in total. The van der Waals surface area contributed by atoms with Crippen LogP contribution in [0.15, 0.2) is 24.3 Å². The van der Waals surface area contributed by atoms with Crippen molar-refractivity contribution >= 4 is 35.2 Å². The summed E-state index contributed by atoms with van der Waals surface area (Å²) < 4.78 is 0. The maximum absolute atomic E-state index is 13.9. The Labute approximate surface area is 269 Å². The average Bonchev–Trinajstić information content (AvgIpc) is 2.93. The molecular weight excluding hydrogens is 572 g/mol. The Balaban J connectivity index is 2.61. The van der Waals surface area contributed by atoms with Gasteiger partial charge in [0.15, 0.2) is 0 Å². The molecule has 45 heavy (non-hydrogen) atoms. The van der Waals surface area contributed by atoms with Crippen molar-refractivity contribution < 1.29 is 24.0 Å². The van der Waals surface area contributed by atoms with Crippen molar-refractivity contribution in [3.8, 4) is 0 Å². The molecule has 11 heteroatoms. The largest absolute Gasteiger partial charge is 0.378 e. The van der Waals surface area contributed by atoms with E-state index in [9.17, 15) is 24.0 Å². The predicted octanol–water partition coefficient (Wildman–Crippen LogP) is 2.53. The number of hydrogen-bond acceptors (Lipinski definition) is 6. The fourth-order valence-corrected chi connectivity index (χ4v) is 5.35. The number of carbonyl (C=O) groups excluding carboxylic acids is 5. The van der Waals surface area contributed by atoms with Crippen LogP contribution in [0.4, 0.5) is 5.69 Å². The summed E-state index contributed by atoms with van der Waals surface area (Å²) in [5, 5.41) is 14.3. The van der Waals surface area contributed by atoms with Crippen LogP contribution in [-0.2, 0) is 30.4 Å². The normalized spacial score (nSPS) is 24.0. The maximum Gasteiger partial charge on any atom is 0.243 e. The number of carbonyl (C=O) groups is 5. The first kappa shape index (κ1) is 37.6. The molecule has 0 aliphatic carbocycles. The first-order chi connectivity index (χ1) is 21.0. The lowest BCUT2D eigenvalue weighted by Crippen LogP contribution is -2.59. The minimum atomic E-state index is -1.02. The smallest absolute Gasteiger partial charge is 0.243 e. The summed E-state index contributed by atoms with van der Waals surface area (Å²) in [5.41, 5.74) is 1.81. The number of anilines is 1. The van der Waals surface area contributed by atoms with Gasteiger partial charge in [0.25, 0.3) is 0 Å². The SMILES string of the molecule is CC(C)CC1NC(=O)C(Cc2ccc(N(C)C)cc2)NC(=O)C(CC(C)C)NC(=O)C(C(C)C)NC(=O)C(CC(C)C)NC1=O. The number of nitrogens with zero attached hydrogens (tertiary/aromatic N) is 1. The fourth-order valence-electron chi connectivity index (χ4n) is 5.35. The summed E-state index contributed by atoms with van der Waals surface area (Å²) in [7, 11) is 3.87. The van der Waals surface area contributed by atoms with Gasteiger partial charge in [-0.15, -0.1) is 0 Å². The standard InChI is InChI=1S/C34H56N6O5/c1-19(2)15-25-30(41)36-27(17-21(5)6)33(44)39-29(22(7)8)34(45)38-26(16-20(3)4)31(42)37-28(32(43)35-25)18-23-11-13-24(14-12-23)40(9)10/h11-14,19-22,25-29H,15-18H2,1-10H3,(H,35,43)(H,36,41)(H,37,42)(H,38,45)(H,39,44). The first-order valence-electron chi connectivity index (χ1n) is 16.3. The van der Waals surface area contributed by atoms with Gasteiger partial charge in [-0.05, 0) is 60.6 Å². The number of rotatable bonds is 10. The van der Waals surface area contributed by atoms with E-state index in [-0.39, 0.29) is 30.1 Å². The molecule has 1 fully saturated rings. The third kappa shape index (κ3) is 12.0. The molecule has 1 aromatic carbocycles. The molecule has 252 valence electrons. The minimum Gasteiger partial charge on any atom is -0.378 e. The van der Waals surface area contributed by atoms with Gasteiger partial charge in [-0.3, -0.25) is 24.0 Å². The Morgan fingerprint density at radius 3 is 1.27 bits per heavy atom. The molecule has 0 radical (unpaired) electrons. The van der Waals surface area contributed by atoms with E-state index in [2.05, 4.69) is 26.6 Å². The summed E-state index contributed by atoms with van der Waals surface area (Å²) in [5.74, 6) is -2.63. The van der Waals surface area contributed by atoms with Crippen molar-refractivity contribution in [2.45, 2.75) is 111 Å². The number of benzene rings is 1. The van der Waals surface area contributed by atoms with Crippen LogP contribution in [0.2, 0.25) is 0 Å². The van der Waals surface area contributed by atoms with Gasteiger partial charge in [-0.2, -0.15) is 0 Å². The van der Waals surface area contributed by atoms with Gasteiger partial charge in [0, 0.05) is 26.2 Å². The van der Waals surface area contributed by atoms with Gasteiger partial charge >= 0.3 is 0 Å². The summed E-state index contributed by atoms with van der Waals surface area (Å²) in [6.45, 7) is 15.3. The zero-order valence-corrected chi connectivity index (χ0v) is 28.8. The molecule has 5 amide bonds. The highest BCUT2D eigenvalue weighted by Crippen LogP contribution is 2.16. The number of nitrogens with one attached hydrogen (secondary N) is 5. The second-order valence-corrected chi connectivity index (χ2v) is 14.1. The van der Waals surface area contributed by atoms with E-state index in [4.69, 9.17) is 0 Å². The zero-order valence-electron chi connectivity index (χ0n) is 28.8. The molecular formula is C34H56N6O5. The van der Waals surface area contributed by atoms with Gasteiger partial charge in [0.1, 0.15) is 30.2 Å². The van der Waals surface area contributed by atoms with Gasteiger partial charge in [-0.25, -0.2) is 0 Å². The van der Waals surface area contributed by atoms with E-state index in [0.717, 1.165) is 11.3 Å². The Morgan fingerprint density at radius 1 is 0.533 bits per heavy atom. The Bertz CT molecular complexity index is 1160. The Morgan fingerprint density at radius 2 is 0.889 bits per heavy atom. The van der Waals surface area contributed by atoms with Crippen LogP contribution in [-0.4, -0.2) is 73.8 Å². The van der Waals surface area contributed by atoms with Crippen LogP contribution in [0.5, 0.6) is 0 Å². The topological polar surface area (TPSA) is 149 Å². The molecule has 0 bridgehead atoms. The zero-order chi connectivity index (χ0) is 34.0. The van der Waals surface area contributed by atoms with E-state index in [0.29, 0.717) is 19.3 Å². The van der Waals surface area contributed by atoms with E-state index < -0.39 is 59.7 Å². The Hall–Kier alpha value is -3.63. The van der Waals surface area contributed by atoms with Gasteiger partial charge < -0.3 is 31.5 Å². The molecule has 2 rings (SSSR count). The van der Waals surface area contributed by atoms with Crippen molar-refractivity contribution in [3.05, 3.63) is 29.8 Å². The van der Waals surface area contributed by atoms with Gasteiger partial charge in [-0.1, -0.05) is 67.5 Å². The average molecular weight is 629 g/mol. The van der Waals surface area contributed by atoms with Crippen molar-refractivity contribution in [3.63, 3.8) is 0 Å². The van der Waals surface area contributed by atoms with E-state index in [1.165, 1.54) is 0 Å². The van der Waals surface area contributed by atoms with Crippen LogP contribution in [0.1, 0.15) is 80.2 Å². The monoisotopic (exact) mass is 628 g/mol.